The van der Waals surface area contributed by atoms with E-state index < -0.39 is 5.82 Å². The van der Waals surface area contributed by atoms with Crippen molar-refractivity contribution in [1.29, 1.82) is 5.26 Å². The molecule has 0 saturated heterocycles. The molecule has 0 aliphatic rings. The van der Waals surface area contributed by atoms with Crippen LogP contribution in [0.25, 0.3) is 0 Å². The Morgan fingerprint density at radius 2 is 2.27 bits per heavy atom. The zero-order valence-corrected chi connectivity index (χ0v) is 6.26. The van der Waals surface area contributed by atoms with Crippen LogP contribution in [-0.2, 0) is 6.42 Å². The van der Waals surface area contributed by atoms with Crippen molar-refractivity contribution in [2.45, 2.75) is 13.3 Å². The lowest BCUT2D eigenvalue weighted by atomic mass is 10.1. The molecule has 1 nitrogen and oxygen atoms in total. The van der Waals surface area contributed by atoms with Gasteiger partial charge in [0.05, 0.1) is 5.56 Å². The Bertz CT molecular complexity index is 299. The zero-order chi connectivity index (χ0) is 8.27. The Balaban J connectivity index is 3.15. The molecule has 0 aliphatic heterocycles. The number of nitriles is 1. The molecule has 0 radical (unpaired) electrons. The maximum atomic E-state index is 12.7. The Morgan fingerprint density at radius 1 is 1.55 bits per heavy atom. The standard InChI is InChI=1S/C9H8FN/c1-2-7-3-4-9(10)8(5-7)6-11/h3-5H,2H2,1H3. The van der Waals surface area contributed by atoms with E-state index in [0.717, 1.165) is 12.0 Å². The van der Waals surface area contributed by atoms with Crippen molar-refractivity contribution in [2.24, 2.45) is 0 Å². The van der Waals surface area contributed by atoms with Gasteiger partial charge in [-0.05, 0) is 24.1 Å². The van der Waals surface area contributed by atoms with E-state index in [1.54, 1.807) is 18.2 Å². The Morgan fingerprint density at radius 3 is 2.82 bits per heavy atom. The van der Waals surface area contributed by atoms with Crippen molar-refractivity contribution < 1.29 is 4.39 Å². The molecule has 1 rings (SSSR count). The molecule has 1 aromatic carbocycles. The third-order valence-electron chi connectivity index (χ3n) is 1.56. The third-order valence-corrected chi connectivity index (χ3v) is 1.56. The molecule has 2 heteroatoms. The maximum absolute atomic E-state index is 12.7. The lowest BCUT2D eigenvalue weighted by Crippen LogP contribution is -1.86. The molecule has 0 heterocycles. The van der Waals surface area contributed by atoms with E-state index in [4.69, 9.17) is 5.26 Å². The van der Waals surface area contributed by atoms with Crippen LogP contribution in [0.1, 0.15) is 18.1 Å². The van der Waals surface area contributed by atoms with Crippen LogP contribution in [0, 0.1) is 17.1 Å². The monoisotopic (exact) mass is 149 g/mol. The van der Waals surface area contributed by atoms with Crippen LogP contribution >= 0.6 is 0 Å². The number of aryl methyl sites for hydroxylation is 1. The van der Waals surface area contributed by atoms with Crippen molar-refractivity contribution in [3.8, 4) is 6.07 Å². The summed E-state index contributed by atoms with van der Waals surface area (Å²) in [5.41, 5.74) is 1.12. The quantitative estimate of drug-likeness (QED) is 0.600. The van der Waals surface area contributed by atoms with Gasteiger partial charge in [0.15, 0.2) is 0 Å². The number of hydrogen-bond donors (Lipinski definition) is 0. The fourth-order valence-corrected chi connectivity index (χ4v) is 0.878. The average Bonchev–Trinajstić information content (AvgIpc) is 2.05. The van der Waals surface area contributed by atoms with Crippen molar-refractivity contribution in [3.63, 3.8) is 0 Å². The van der Waals surface area contributed by atoms with Gasteiger partial charge in [0, 0.05) is 0 Å². The van der Waals surface area contributed by atoms with Gasteiger partial charge < -0.3 is 0 Å². The van der Waals surface area contributed by atoms with Gasteiger partial charge in [-0.25, -0.2) is 4.39 Å². The summed E-state index contributed by atoms with van der Waals surface area (Å²) in [5, 5.41) is 8.45. The minimum atomic E-state index is -0.440. The first-order valence-corrected chi connectivity index (χ1v) is 3.46. The van der Waals surface area contributed by atoms with Crippen LogP contribution in [0.2, 0.25) is 0 Å². The molecule has 0 saturated carbocycles. The SMILES string of the molecule is CCc1ccc(F)c(C#N)c1. The molecule has 0 aliphatic carbocycles. The molecule has 56 valence electrons. The number of nitrogens with zero attached hydrogens (tertiary/aromatic N) is 1. The average molecular weight is 149 g/mol. The molecule has 0 N–H and O–H groups in total. The van der Waals surface area contributed by atoms with Crippen molar-refractivity contribution in [1.82, 2.24) is 0 Å². The summed E-state index contributed by atoms with van der Waals surface area (Å²) >= 11 is 0. The highest BCUT2D eigenvalue weighted by Gasteiger charge is 2.00. The van der Waals surface area contributed by atoms with Crippen molar-refractivity contribution >= 4 is 0 Å². The highest BCUT2D eigenvalue weighted by molar-refractivity contribution is 5.34. The number of halogens is 1. The van der Waals surface area contributed by atoms with Crippen molar-refractivity contribution in [3.05, 3.63) is 35.1 Å². The predicted molar refractivity (Wildman–Crippen MR) is 40.5 cm³/mol. The van der Waals surface area contributed by atoms with Gasteiger partial charge in [-0.2, -0.15) is 5.26 Å². The molecule has 0 aromatic heterocycles. The van der Waals surface area contributed by atoms with Crippen LogP contribution in [0.15, 0.2) is 18.2 Å². The Hall–Kier alpha value is -1.36. The van der Waals surface area contributed by atoms with E-state index in [0.29, 0.717) is 0 Å². The minimum absolute atomic E-state index is 0.129. The molecule has 1 aromatic rings. The molecule has 11 heavy (non-hydrogen) atoms. The van der Waals surface area contributed by atoms with E-state index in [1.165, 1.54) is 6.07 Å². The molecular weight excluding hydrogens is 141 g/mol. The normalized spacial score (nSPS) is 9.18. The second-order valence-electron chi connectivity index (χ2n) is 2.28. The molecule has 0 unspecified atom stereocenters. The van der Waals surface area contributed by atoms with Gasteiger partial charge in [0.1, 0.15) is 11.9 Å². The van der Waals surface area contributed by atoms with Crippen molar-refractivity contribution in [2.75, 3.05) is 0 Å². The van der Waals surface area contributed by atoms with Gasteiger partial charge >= 0.3 is 0 Å². The first kappa shape index (κ1) is 7.74. The van der Waals surface area contributed by atoms with Gasteiger partial charge in [-0.15, -0.1) is 0 Å². The number of hydrogen-bond acceptors (Lipinski definition) is 1. The van der Waals surface area contributed by atoms with E-state index in [2.05, 4.69) is 0 Å². The first-order valence-electron chi connectivity index (χ1n) is 3.46. The number of benzene rings is 1. The summed E-state index contributed by atoms with van der Waals surface area (Å²) in [6.07, 6.45) is 0.828. The maximum Gasteiger partial charge on any atom is 0.140 e. The van der Waals surface area contributed by atoms with E-state index in [1.807, 2.05) is 6.92 Å². The van der Waals surface area contributed by atoms with Gasteiger partial charge in [0.25, 0.3) is 0 Å². The van der Waals surface area contributed by atoms with Gasteiger partial charge in [-0.3, -0.25) is 0 Å². The predicted octanol–water partition coefficient (Wildman–Crippen LogP) is 2.26. The summed E-state index contributed by atoms with van der Waals surface area (Å²) < 4.78 is 12.7. The van der Waals surface area contributed by atoms with E-state index in [-0.39, 0.29) is 5.56 Å². The summed E-state index contributed by atoms with van der Waals surface area (Å²) in [7, 11) is 0. The van der Waals surface area contributed by atoms with Crippen LogP contribution in [0.5, 0.6) is 0 Å². The minimum Gasteiger partial charge on any atom is -0.206 e. The second kappa shape index (κ2) is 3.16. The van der Waals surface area contributed by atoms with Crippen LogP contribution in [-0.4, -0.2) is 0 Å². The molecule has 0 spiro atoms. The third kappa shape index (κ3) is 1.56. The van der Waals surface area contributed by atoms with Crippen LogP contribution in [0.4, 0.5) is 4.39 Å². The molecular formula is C9H8FN. The van der Waals surface area contributed by atoms with Crippen LogP contribution < -0.4 is 0 Å². The molecule has 0 bridgehead atoms. The highest BCUT2D eigenvalue weighted by Crippen LogP contribution is 2.09. The fraction of sp³-hybridized carbons (Fsp3) is 0.222. The smallest absolute Gasteiger partial charge is 0.140 e. The lowest BCUT2D eigenvalue weighted by Gasteiger charge is -1.96. The summed E-state index contributed by atoms with van der Waals surface area (Å²) in [6.45, 7) is 1.97. The lowest BCUT2D eigenvalue weighted by molar-refractivity contribution is 0.623. The molecule has 0 atom stereocenters. The first-order chi connectivity index (χ1) is 5.27. The fourth-order valence-electron chi connectivity index (χ4n) is 0.878. The highest BCUT2D eigenvalue weighted by atomic mass is 19.1. The van der Waals surface area contributed by atoms with Gasteiger partial charge in [0.2, 0.25) is 0 Å². The topological polar surface area (TPSA) is 23.8 Å². The molecule has 0 amide bonds. The Kier molecular flexibility index (Phi) is 2.22. The summed E-state index contributed by atoms with van der Waals surface area (Å²) in [4.78, 5) is 0. The van der Waals surface area contributed by atoms with Crippen LogP contribution in [0.3, 0.4) is 0 Å². The molecule has 0 fully saturated rings. The van der Waals surface area contributed by atoms with E-state index in [9.17, 15) is 4.39 Å². The van der Waals surface area contributed by atoms with Gasteiger partial charge in [-0.1, -0.05) is 13.0 Å². The summed E-state index contributed by atoms with van der Waals surface area (Å²) in [5.74, 6) is -0.440. The second-order valence-corrected chi connectivity index (χ2v) is 2.28. The summed E-state index contributed by atoms with van der Waals surface area (Å²) in [6, 6.07) is 6.40. The largest absolute Gasteiger partial charge is 0.206 e. The zero-order valence-electron chi connectivity index (χ0n) is 6.26. The van der Waals surface area contributed by atoms with E-state index >= 15 is 0 Å². The number of rotatable bonds is 1. The Labute approximate surface area is 65.1 Å².